The number of carbonyl (C=O) groups excluding carboxylic acids is 2. The summed E-state index contributed by atoms with van der Waals surface area (Å²) in [5.41, 5.74) is 10.6. The van der Waals surface area contributed by atoms with E-state index in [9.17, 15) is 9.59 Å². The van der Waals surface area contributed by atoms with Crippen LogP contribution in [-0.4, -0.2) is 39.7 Å². The molecule has 0 fully saturated rings. The summed E-state index contributed by atoms with van der Waals surface area (Å²) in [5, 5.41) is 12.2. The number of hydrogen-bond donors (Lipinski definition) is 3. The minimum Gasteiger partial charge on any atom is -0.343 e. The van der Waals surface area contributed by atoms with E-state index >= 15 is 0 Å². The van der Waals surface area contributed by atoms with Crippen molar-refractivity contribution >= 4 is 28.3 Å². The van der Waals surface area contributed by atoms with Gasteiger partial charge in [-0.1, -0.05) is 44.2 Å². The molecule has 2 heterocycles. The first kappa shape index (κ1) is 24.3. The van der Waals surface area contributed by atoms with E-state index in [4.69, 9.17) is 5.73 Å². The maximum absolute atomic E-state index is 12.6. The van der Waals surface area contributed by atoms with Gasteiger partial charge >= 0.3 is 0 Å². The van der Waals surface area contributed by atoms with Crippen molar-refractivity contribution in [3.05, 3.63) is 77.3 Å². The number of aryl methyl sites for hydroxylation is 1. The lowest BCUT2D eigenvalue weighted by atomic mass is 9.84. The van der Waals surface area contributed by atoms with Crippen LogP contribution >= 0.6 is 11.3 Å². The highest BCUT2D eigenvalue weighted by Gasteiger charge is 2.20. The Bertz CT molecular complexity index is 1360. The zero-order valence-electron chi connectivity index (χ0n) is 19.9. The summed E-state index contributed by atoms with van der Waals surface area (Å²) in [6.45, 7) is 4.35. The quantitative estimate of drug-likeness (QED) is 0.349. The molecule has 0 aliphatic rings. The molecule has 0 saturated heterocycles. The van der Waals surface area contributed by atoms with Gasteiger partial charge in [0.1, 0.15) is 0 Å². The van der Waals surface area contributed by atoms with E-state index in [0.717, 1.165) is 28.1 Å². The lowest BCUT2D eigenvalue weighted by Crippen LogP contribution is -2.33. The van der Waals surface area contributed by atoms with Crippen molar-refractivity contribution < 1.29 is 9.59 Å². The molecule has 9 heteroatoms. The highest BCUT2D eigenvalue weighted by molar-refractivity contribution is 7.14. The Morgan fingerprint density at radius 1 is 1.06 bits per heavy atom. The molecular formula is C26H28N6O2S. The Morgan fingerprint density at radius 2 is 1.80 bits per heavy atom. The van der Waals surface area contributed by atoms with E-state index < -0.39 is 0 Å². The normalized spacial score (nSPS) is 11.3. The van der Waals surface area contributed by atoms with E-state index in [2.05, 4.69) is 20.7 Å². The number of nitrogens with one attached hydrogen (secondary N) is 2. The number of rotatable bonds is 8. The highest BCUT2D eigenvalue weighted by Crippen LogP contribution is 2.28. The molecule has 2 aromatic carbocycles. The first-order valence-corrected chi connectivity index (χ1v) is 12.1. The maximum Gasteiger partial charge on any atom is 0.251 e. The van der Waals surface area contributed by atoms with Crippen LogP contribution in [0.2, 0.25) is 0 Å². The average Bonchev–Trinajstić information content (AvgIpc) is 3.52. The van der Waals surface area contributed by atoms with E-state index in [-0.39, 0.29) is 23.8 Å². The lowest BCUT2D eigenvalue weighted by molar-refractivity contribution is -0.115. The van der Waals surface area contributed by atoms with Crippen LogP contribution in [0.1, 0.15) is 29.8 Å². The van der Waals surface area contributed by atoms with E-state index in [1.807, 2.05) is 81.0 Å². The lowest BCUT2D eigenvalue weighted by Gasteiger charge is -2.23. The Labute approximate surface area is 208 Å². The number of aromatic nitrogens is 3. The van der Waals surface area contributed by atoms with Gasteiger partial charge in [0.2, 0.25) is 5.91 Å². The Kier molecular flexibility index (Phi) is 7.09. The molecule has 8 nitrogen and oxygen atoms in total. The van der Waals surface area contributed by atoms with Crippen molar-refractivity contribution in [2.75, 3.05) is 18.4 Å². The van der Waals surface area contributed by atoms with Gasteiger partial charge in [0.25, 0.3) is 5.91 Å². The molecule has 2 aromatic heterocycles. The number of carbonyl (C=O) groups is 2. The van der Waals surface area contributed by atoms with E-state index in [1.165, 1.54) is 11.3 Å². The molecule has 180 valence electrons. The number of nitrogens with zero attached hydrogens (tertiary/aromatic N) is 3. The molecule has 0 radical (unpaired) electrons. The largest absolute Gasteiger partial charge is 0.343 e. The minimum atomic E-state index is -0.347. The summed E-state index contributed by atoms with van der Waals surface area (Å²) in [6.07, 6.45) is 1.90. The third kappa shape index (κ3) is 5.82. The Hall–Kier alpha value is -3.82. The van der Waals surface area contributed by atoms with Gasteiger partial charge in [-0.05, 0) is 29.8 Å². The molecule has 0 saturated carbocycles. The summed E-state index contributed by atoms with van der Waals surface area (Å²) in [6, 6.07) is 17.2. The van der Waals surface area contributed by atoms with Gasteiger partial charge in [0.15, 0.2) is 5.13 Å². The molecule has 4 aromatic rings. The monoisotopic (exact) mass is 488 g/mol. The summed E-state index contributed by atoms with van der Waals surface area (Å²) in [5.74, 6) is -0.666. The zero-order valence-corrected chi connectivity index (χ0v) is 20.7. The predicted molar refractivity (Wildman–Crippen MR) is 139 cm³/mol. The molecule has 0 aliphatic carbocycles. The molecule has 0 spiro atoms. The van der Waals surface area contributed by atoms with Gasteiger partial charge < -0.3 is 16.4 Å². The number of anilines is 1. The third-order valence-corrected chi connectivity index (χ3v) is 6.50. The summed E-state index contributed by atoms with van der Waals surface area (Å²) < 4.78 is 1.76. The molecule has 0 unspecified atom stereocenters. The second-order valence-corrected chi connectivity index (χ2v) is 9.75. The molecule has 4 rings (SSSR count). The van der Waals surface area contributed by atoms with Crippen LogP contribution in [0.3, 0.4) is 0 Å². The van der Waals surface area contributed by atoms with Crippen LogP contribution in [0, 0.1) is 0 Å². The fourth-order valence-electron chi connectivity index (χ4n) is 3.50. The number of nitrogens with two attached hydrogens (primary N) is 1. The zero-order chi connectivity index (χ0) is 25.0. The van der Waals surface area contributed by atoms with Crippen molar-refractivity contribution in [3.8, 4) is 22.5 Å². The molecule has 2 amide bonds. The van der Waals surface area contributed by atoms with Crippen molar-refractivity contribution in [2.24, 2.45) is 12.8 Å². The van der Waals surface area contributed by atoms with Crippen LogP contribution in [0.15, 0.2) is 66.2 Å². The first-order chi connectivity index (χ1) is 16.7. The molecule has 0 atom stereocenters. The number of thiazole rings is 1. The highest BCUT2D eigenvalue weighted by atomic mass is 32.1. The van der Waals surface area contributed by atoms with Gasteiger partial charge in [-0.2, -0.15) is 5.10 Å². The van der Waals surface area contributed by atoms with Gasteiger partial charge in [-0.3, -0.25) is 14.3 Å². The van der Waals surface area contributed by atoms with Gasteiger partial charge in [0.05, 0.1) is 17.9 Å². The molecule has 35 heavy (non-hydrogen) atoms. The number of benzene rings is 2. The maximum atomic E-state index is 12.6. The van der Waals surface area contributed by atoms with Crippen molar-refractivity contribution in [2.45, 2.75) is 19.3 Å². The minimum absolute atomic E-state index is 0.159. The second kappa shape index (κ2) is 10.2. The Morgan fingerprint density at radius 3 is 2.51 bits per heavy atom. The average molecular weight is 489 g/mol. The van der Waals surface area contributed by atoms with Crippen LogP contribution < -0.4 is 16.4 Å². The van der Waals surface area contributed by atoms with E-state index in [0.29, 0.717) is 17.2 Å². The van der Waals surface area contributed by atoms with Gasteiger partial charge in [-0.25, -0.2) is 4.98 Å². The van der Waals surface area contributed by atoms with Gasteiger partial charge in [-0.15, -0.1) is 11.3 Å². The van der Waals surface area contributed by atoms with Crippen LogP contribution in [0.4, 0.5) is 5.13 Å². The fourth-order valence-corrected chi connectivity index (χ4v) is 4.23. The fraction of sp³-hybridized carbons (Fsp3) is 0.231. The topological polar surface area (TPSA) is 115 Å². The SMILES string of the molecule is Cn1ccc(-c2cccc(-c3csc(NC(=O)CNC(=O)c4cccc(C(C)(C)CN)c4)n3)c2)n1. The molecular weight excluding hydrogens is 460 g/mol. The van der Waals surface area contributed by atoms with Crippen molar-refractivity contribution in [1.29, 1.82) is 0 Å². The smallest absolute Gasteiger partial charge is 0.251 e. The first-order valence-electron chi connectivity index (χ1n) is 11.2. The van der Waals surface area contributed by atoms with Crippen LogP contribution in [-0.2, 0) is 17.3 Å². The number of hydrogen-bond acceptors (Lipinski definition) is 6. The summed E-state index contributed by atoms with van der Waals surface area (Å²) in [4.78, 5) is 29.5. The molecule has 0 aliphatic heterocycles. The summed E-state index contributed by atoms with van der Waals surface area (Å²) >= 11 is 1.33. The third-order valence-electron chi connectivity index (χ3n) is 5.74. The van der Waals surface area contributed by atoms with Crippen molar-refractivity contribution in [1.82, 2.24) is 20.1 Å². The molecule has 4 N–H and O–H groups in total. The number of amides is 2. The summed E-state index contributed by atoms with van der Waals surface area (Å²) in [7, 11) is 1.88. The van der Waals surface area contributed by atoms with Gasteiger partial charge in [0, 0.05) is 47.3 Å². The standard InChI is InChI=1S/C26H28N6O2S/c1-26(2,16-27)20-9-5-8-19(13-20)24(34)28-14-23(33)30-25-29-22(15-35-25)18-7-4-6-17(12-18)21-10-11-32(3)31-21/h4-13,15H,14,16,27H2,1-3H3,(H,28,34)(H,29,30,33). The predicted octanol–water partition coefficient (Wildman–Crippen LogP) is 3.82. The molecule has 0 bridgehead atoms. The van der Waals surface area contributed by atoms with Crippen LogP contribution in [0.25, 0.3) is 22.5 Å². The second-order valence-electron chi connectivity index (χ2n) is 8.89. The Balaban J connectivity index is 1.36. The van der Waals surface area contributed by atoms with E-state index in [1.54, 1.807) is 10.7 Å². The van der Waals surface area contributed by atoms with Crippen molar-refractivity contribution in [3.63, 3.8) is 0 Å². The van der Waals surface area contributed by atoms with Crippen LogP contribution in [0.5, 0.6) is 0 Å².